The zero-order chi connectivity index (χ0) is 9.68. The predicted octanol–water partition coefficient (Wildman–Crippen LogP) is 1.07. The number of nitrogens with one attached hydrogen (secondary N) is 1. The molecule has 0 heterocycles. The quantitative estimate of drug-likeness (QED) is 0.512. The fourth-order valence-corrected chi connectivity index (χ4v) is 1.56. The Morgan fingerprint density at radius 1 is 1.23 bits per heavy atom. The summed E-state index contributed by atoms with van der Waals surface area (Å²) in [5, 5.41) is 3.02. The lowest BCUT2D eigenvalue weighted by Crippen LogP contribution is -2.38. The maximum Gasteiger partial charge on any atom is 0.157 e. The molecule has 0 amide bonds. The normalized spacial score (nSPS) is 18.5. The monoisotopic (exact) mass is 183 g/mol. The molecule has 1 fully saturated rings. The van der Waals surface area contributed by atoms with E-state index in [1.54, 1.807) is 0 Å². The van der Waals surface area contributed by atoms with Crippen LogP contribution in [0, 0.1) is 0 Å². The Kier molecular flexibility index (Phi) is 4.09. The summed E-state index contributed by atoms with van der Waals surface area (Å²) < 4.78 is 0. The summed E-state index contributed by atoms with van der Waals surface area (Å²) in [7, 11) is 0. The van der Waals surface area contributed by atoms with Gasteiger partial charge in [-0.3, -0.25) is 9.59 Å². The van der Waals surface area contributed by atoms with E-state index in [9.17, 15) is 9.59 Å². The predicted molar refractivity (Wildman–Crippen MR) is 50.6 cm³/mol. The molecule has 0 atom stereocenters. The first-order chi connectivity index (χ1) is 6.25. The van der Waals surface area contributed by atoms with Crippen molar-refractivity contribution < 1.29 is 9.59 Å². The third kappa shape index (κ3) is 2.92. The second-order valence-electron chi connectivity index (χ2n) is 3.53. The number of ketones is 2. The van der Waals surface area contributed by atoms with Crippen LogP contribution in [0.2, 0.25) is 0 Å². The maximum absolute atomic E-state index is 11.2. The molecule has 0 bridgehead atoms. The van der Waals surface area contributed by atoms with Gasteiger partial charge in [-0.1, -0.05) is 19.8 Å². The summed E-state index contributed by atoms with van der Waals surface area (Å²) >= 11 is 0. The number of rotatable bonds is 5. The molecule has 1 aliphatic rings. The lowest BCUT2D eigenvalue weighted by molar-refractivity contribution is -0.124. The molecule has 3 nitrogen and oxygen atoms in total. The Labute approximate surface area is 78.9 Å². The Morgan fingerprint density at radius 3 is 2.38 bits per heavy atom. The second kappa shape index (κ2) is 5.12. The smallest absolute Gasteiger partial charge is 0.157 e. The van der Waals surface area contributed by atoms with Crippen molar-refractivity contribution in [1.82, 2.24) is 5.32 Å². The fourth-order valence-electron chi connectivity index (χ4n) is 1.56. The van der Waals surface area contributed by atoms with E-state index in [0.717, 1.165) is 25.8 Å². The van der Waals surface area contributed by atoms with Crippen molar-refractivity contribution in [1.29, 1.82) is 0 Å². The highest BCUT2D eigenvalue weighted by molar-refractivity contribution is 6.12. The molecule has 0 spiro atoms. The van der Waals surface area contributed by atoms with Crippen LogP contribution in [0.1, 0.15) is 39.0 Å². The van der Waals surface area contributed by atoms with Crippen molar-refractivity contribution in [3.63, 3.8) is 0 Å². The number of hydrogen-bond acceptors (Lipinski definition) is 3. The first-order valence-corrected chi connectivity index (χ1v) is 5.04. The zero-order valence-electron chi connectivity index (χ0n) is 8.14. The largest absolute Gasteiger partial charge is 0.301 e. The van der Waals surface area contributed by atoms with Gasteiger partial charge in [0.15, 0.2) is 11.6 Å². The van der Waals surface area contributed by atoms with Crippen LogP contribution in [-0.4, -0.2) is 24.2 Å². The van der Waals surface area contributed by atoms with E-state index >= 15 is 0 Å². The van der Waals surface area contributed by atoms with Gasteiger partial charge in [0.05, 0.1) is 0 Å². The first kappa shape index (κ1) is 10.4. The third-order valence-corrected chi connectivity index (χ3v) is 2.39. The van der Waals surface area contributed by atoms with Crippen LogP contribution >= 0.6 is 0 Å². The molecular formula is C10H17NO2. The average Bonchev–Trinajstić information content (AvgIpc) is 2.42. The summed E-state index contributed by atoms with van der Waals surface area (Å²) in [6.07, 6.45) is 4.23. The van der Waals surface area contributed by atoms with Gasteiger partial charge in [0.2, 0.25) is 0 Å². The van der Waals surface area contributed by atoms with Crippen molar-refractivity contribution in [2.45, 2.75) is 45.1 Å². The molecule has 1 aliphatic carbocycles. The fraction of sp³-hybridized carbons (Fsp3) is 0.800. The molecule has 0 unspecified atom stereocenters. The van der Waals surface area contributed by atoms with Crippen LogP contribution in [0.3, 0.4) is 0 Å². The van der Waals surface area contributed by atoms with Gasteiger partial charge in [-0.25, -0.2) is 0 Å². The molecular weight excluding hydrogens is 166 g/mol. The lowest BCUT2D eigenvalue weighted by atomic mass is 10.2. The van der Waals surface area contributed by atoms with Gasteiger partial charge in [0.25, 0.3) is 0 Å². The molecule has 0 radical (unpaired) electrons. The summed E-state index contributed by atoms with van der Waals surface area (Å²) in [4.78, 5) is 22.3. The van der Waals surface area contributed by atoms with Crippen LogP contribution in [0.15, 0.2) is 0 Å². The van der Waals surface area contributed by atoms with E-state index in [2.05, 4.69) is 12.2 Å². The zero-order valence-corrected chi connectivity index (χ0v) is 8.14. The van der Waals surface area contributed by atoms with Crippen molar-refractivity contribution in [3.8, 4) is 0 Å². The van der Waals surface area contributed by atoms with Gasteiger partial charge in [0, 0.05) is 12.8 Å². The minimum Gasteiger partial charge on any atom is -0.301 e. The van der Waals surface area contributed by atoms with Crippen LogP contribution in [0.25, 0.3) is 0 Å². The van der Waals surface area contributed by atoms with E-state index in [1.807, 2.05) is 0 Å². The highest BCUT2D eigenvalue weighted by Crippen LogP contribution is 2.10. The summed E-state index contributed by atoms with van der Waals surface area (Å²) in [6.45, 7) is 2.92. The van der Waals surface area contributed by atoms with Gasteiger partial charge in [0.1, 0.15) is 6.04 Å². The number of unbranched alkanes of at least 4 members (excludes halogenated alkanes) is 2. The molecule has 3 heteroatoms. The molecule has 0 saturated heterocycles. The molecule has 13 heavy (non-hydrogen) atoms. The summed E-state index contributed by atoms with van der Waals surface area (Å²) in [5.41, 5.74) is 0. The molecule has 74 valence electrons. The van der Waals surface area contributed by atoms with Crippen molar-refractivity contribution >= 4 is 11.6 Å². The van der Waals surface area contributed by atoms with Crippen molar-refractivity contribution in [2.24, 2.45) is 0 Å². The van der Waals surface area contributed by atoms with Gasteiger partial charge in [-0.15, -0.1) is 0 Å². The van der Waals surface area contributed by atoms with Gasteiger partial charge in [-0.05, 0) is 13.0 Å². The molecule has 0 aromatic rings. The van der Waals surface area contributed by atoms with E-state index in [-0.39, 0.29) is 11.6 Å². The maximum atomic E-state index is 11.2. The van der Waals surface area contributed by atoms with Gasteiger partial charge in [-0.2, -0.15) is 0 Å². The highest BCUT2D eigenvalue weighted by Gasteiger charge is 2.31. The van der Waals surface area contributed by atoms with E-state index in [1.165, 1.54) is 0 Å². The highest BCUT2D eigenvalue weighted by atomic mass is 16.2. The Morgan fingerprint density at radius 2 is 1.85 bits per heavy atom. The number of carbonyl (C=O) groups excluding carboxylic acids is 2. The van der Waals surface area contributed by atoms with Crippen LogP contribution in [0.5, 0.6) is 0 Å². The molecule has 0 aromatic carbocycles. The van der Waals surface area contributed by atoms with Crippen LogP contribution in [0.4, 0.5) is 0 Å². The van der Waals surface area contributed by atoms with E-state index in [0.29, 0.717) is 12.8 Å². The summed E-state index contributed by atoms with van der Waals surface area (Å²) in [5.74, 6) is 0.142. The lowest BCUT2D eigenvalue weighted by Gasteiger charge is -2.08. The molecule has 1 saturated carbocycles. The second-order valence-corrected chi connectivity index (χ2v) is 3.53. The van der Waals surface area contributed by atoms with Crippen LogP contribution in [-0.2, 0) is 9.59 Å². The molecule has 1 N–H and O–H groups in total. The number of carbonyl (C=O) groups is 2. The Hall–Kier alpha value is -0.700. The Bertz CT molecular complexity index is 185. The van der Waals surface area contributed by atoms with Crippen molar-refractivity contribution in [3.05, 3.63) is 0 Å². The Balaban J connectivity index is 2.20. The summed E-state index contributed by atoms with van der Waals surface area (Å²) in [6, 6.07) is -0.475. The third-order valence-electron chi connectivity index (χ3n) is 2.39. The molecule has 0 aliphatic heterocycles. The number of Topliss-reactive ketones (excluding diaryl/α,β-unsaturated/α-hetero) is 2. The van der Waals surface area contributed by atoms with Crippen molar-refractivity contribution in [2.75, 3.05) is 6.54 Å². The van der Waals surface area contributed by atoms with Gasteiger partial charge < -0.3 is 5.32 Å². The van der Waals surface area contributed by atoms with Crippen LogP contribution < -0.4 is 5.32 Å². The first-order valence-electron chi connectivity index (χ1n) is 5.04. The molecule has 0 aromatic heterocycles. The van der Waals surface area contributed by atoms with E-state index in [4.69, 9.17) is 0 Å². The molecule has 1 rings (SSSR count). The minimum atomic E-state index is -0.475. The van der Waals surface area contributed by atoms with E-state index < -0.39 is 6.04 Å². The topological polar surface area (TPSA) is 46.2 Å². The average molecular weight is 183 g/mol. The minimum absolute atomic E-state index is 0.0708. The SMILES string of the molecule is CCCCCNC1C(=O)CCC1=O. The standard InChI is InChI=1S/C10H17NO2/c1-2-3-4-7-11-10-8(12)5-6-9(10)13/h10-11H,2-7H2,1H3. The number of hydrogen-bond donors (Lipinski definition) is 1. The van der Waals surface area contributed by atoms with Gasteiger partial charge >= 0.3 is 0 Å².